The Morgan fingerprint density at radius 3 is 2.17 bits per heavy atom. The molecular weight excluding hydrogens is 384 g/mol. The second-order valence-corrected chi connectivity index (χ2v) is 6.90. The van der Waals surface area contributed by atoms with E-state index in [-0.39, 0.29) is 42.3 Å². The molecule has 2 fully saturated rings. The highest BCUT2D eigenvalue weighted by atomic mass is 16.6. The molecule has 0 radical (unpaired) electrons. The van der Waals surface area contributed by atoms with Gasteiger partial charge in [-0.3, -0.25) is 24.5 Å². The fourth-order valence-electron chi connectivity index (χ4n) is 3.44. The summed E-state index contributed by atoms with van der Waals surface area (Å²) in [6.07, 6.45) is 1.44. The number of hydrogen-bond acceptors (Lipinski definition) is 7. The number of carbonyl (C=O) groups excluding carboxylic acids is 3. The average Bonchev–Trinajstić information content (AvgIpc) is 3.38. The van der Waals surface area contributed by atoms with Crippen molar-refractivity contribution in [3.8, 4) is 0 Å². The average molecular weight is 402 g/mol. The second-order valence-electron chi connectivity index (χ2n) is 6.90. The number of nitrogens with zero attached hydrogens (tertiary/aromatic N) is 4. The summed E-state index contributed by atoms with van der Waals surface area (Å²) in [5, 5.41) is 10.6. The normalized spacial score (nSPS) is 17.2. The molecule has 11 heteroatoms. The van der Waals surface area contributed by atoms with Crippen molar-refractivity contribution < 1.29 is 28.1 Å². The maximum atomic E-state index is 12.6. The van der Waals surface area contributed by atoms with Crippen LogP contribution in [0.1, 0.15) is 21.1 Å². The van der Waals surface area contributed by atoms with Gasteiger partial charge in [-0.05, 0) is 18.2 Å². The first-order valence-corrected chi connectivity index (χ1v) is 9.09. The maximum absolute atomic E-state index is 12.6. The molecular formula is C18H18N4O7. The predicted molar refractivity (Wildman–Crippen MR) is 95.9 cm³/mol. The highest BCUT2D eigenvalue weighted by molar-refractivity contribution is 5.94. The Bertz CT molecular complexity index is 937. The van der Waals surface area contributed by atoms with Gasteiger partial charge in [-0.15, -0.1) is 0 Å². The van der Waals surface area contributed by atoms with Crippen LogP contribution in [0.3, 0.4) is 0 Å². The van der Waals surface area contributed by atoms with Crippen LogP contribution in [0.4, 0.5) is 5.88 Å². The topological polar surface area (TPSA) is 130 Å². The summed E-state index contributed by atoms with van der Waals surface area (Å²) in [5.41, 5.74) is 0. The van der Waals surface area contributed by atoms with Gasteiger partial charge in [-0.25, -0.2) is 0 Å². The first kappa shape index (κ1) is 18.7. The van der Waals surface area contributed by atoms with E-state index in [1.165, 1.54) is 17.2 Å². The summed E-state index contributed by atoms with van der Waals surface area (Å²) in [4.78, 5) is 51.9. The predicted octanol–water partition coefficient (Wildman–Crippen LogP) is 0.837. The molecule has 2 aromatic rings. The van der Waals surface area contributed by atoms with Gasteiger partial charge in [-0.2, -0.15) is 0 Å². The van der Waals surface area contributed by atoms with Crippen LogP contribution in [0.25, 0.3) is 0 Å². The van der Waals surface area contributed by atoms with Gasteiger partial charge < -0.3 is 23.5 Å². The Morgan fingerprint density at radius 2 is 1.59 bits per heavy atom. The lowest BCUT2D eigenvalue weighted by atomic mass is 9.97. The lowest BCUT2D eigenvalue weighted by molar-refractivity contribution is -0.402. The lowest BCUT2D eigenvalue weighted by Crippen LogP contribution is -2.59. The fraction of sp³-hybridized carbons (Fsp3) is 0.389. The summed E-state index contributed by atoms with van der Waals surface area (Å²) in [6.45, 7) is 2.13. The molecule has 3 amide bonds. The summed E-state index contributed by atoms with van der Waals surface area (Å²) >= 11 is 0. The third-order valence-electron chi connectivity index (χ3n) is 5.11. The molecule has 0 bridgehead atoms. The molecule has 152 valence electrons. The first-order chi connectivity index (χ1) is 13.9. The van der Waals surface area contributed by atoms with Gasteiger partial charge in [-0.1, -0.05) is 0 Å². The number of nitro groups is 1. The number of likely N-dealkylation sites (tertiary alicyclic amines) is 1. The molecule has 0 spiro atoms. The number of amides is 3. The van der Waals surface area contributed by atoms with Crippen molar-refractivity contribution in [1.82, 2.24) is 14.7 Å². The highest BCUT2D eigenvalue weighted by Gasteiger charge is 2.40. The van der Waals surface area contributed by atoms with Crippen LogP contribution in [0.5, 0.6) is 0 Å². The zero-order valence-electron chi connectivity index (χ0n) is 15.4. The molecule has 29 heavy (non-hydrogen) atoms. The van der Waals surface area contributed by atoms with E-state index in [2.05, 4.69) is 0 Å². The van der Waals surface area contributed by atoms with E-state index >= 15 is 0 Å². The Hall–Kier alpha value is -3.63. The molecule has 0 saturated carbocycles. The summed E-state index contributed by atoms with van der Waals surface area (Å²) < 4.78 is 10.0. The highest BCUT2D eigenvalue weighted by Crippen LogP contribution is 2.24. The quantitative estimate of drug-likeness (QED) is 0.547. The largest absolute Gasteiger partial charge is 0.459 e. The van der Waals surface area contributed by atoms with Crippen LogP contribution in [0.2, 0.25) is 0 Å². The van der Waals surface area contributed by atoms with Crippen LogP contribution in [-0.4, -0.2) is 76.6 Å². The van der Waals surface area contributed by atoms with Crippen molar-refractivity contribution in [2.24, 2.45) is 5.92 Å². The van der Waals surface area contributed by atoms with Gasteiger partial charge in [0, 0.05) is 39.3 Å². The molecule has 2 aliphatic rings. The number of furan rings is 2. The number of rotatable bonds is 4. The molecule has 4 heterocycles. The molecule has 11 nitrogen and oxygen atoms in total. The molecule has 2 aromatic heterocycles. The summed E-state index contributed by atoms with van der Waals surface area (Å²) in [7, 11) is 0. The molecule has 0 atom stereocenters. The molecule has 0 unspecified atom stereocenters. The molecule has 2 saturated heterocycles. The van der Waals surface area contributed by atoms with Gasteiger partial charge in [0.05, 0.1) is 18.2 Å². The fourth-order valence-corrected chi connectivity index (χ4v) is 3.44. The molecule has 0 aromatic carbocycles. The SMILES string of the molecule is O=C(c1ccco1)N1CCN(C(=O)C2CN(C(=O)c3ccc([N+](=O)[O-])o3)C2)CC1. The van der Waals surface area contributed by atoms with Crippen LogP contribution in [0.15, 0.2) is 39.4 Å². The second kappa shape index (κ2) is 7.41. The van der Waals surface area contributed by atoms with Gasteiger partial charge >= 0.3 is 5.88 Å². The minimum Gasteiger partial charge on any atom is -0.459 e. The zero-order chi connectivity index (χ0) is 20.5. The van der Waals surface area contributed by atoms with Crippen LogP contribution in [-0.2, 0) is 4.79 Å². The molecule has 0 N–H and O–H groups in total. The Labute approximate surface area is 164 Å². The van der Waals surface area contributed by atoms with E-state index in [0.717, 1.165) is 6.07 Å². The number of hydrogen-bond donors (Lipinski definition) is 0. The maximum Gasteiger partial charge on any atom is 0.433 e. The number of carbonyl (C=O) groups is 3. The van der Waals surface area contributed by atoms with Crippen molar-refractivity contribution >= 4 is 23.6 Å². The van der Waals surface area contributed by atoms with E-state index in [4.69, 9.17) is 8.83 Å². The van der Waals surface area contributed by atoms with Gasteiger partial charge in [0.2, 0.25) is 5.91 Å². The smallest absolute Gasteiger partial charge is 0.433 e. The van der Waals surface area contributed by atoms with Crippen molar-refractivity contribution in [2.75, 3.05) is 39.3 Å². The zero-order valence-corrected chi connectivity index (χ0v) is 15.4. The van der Waals surface area contributed by atoms with Crippen LogP contribution in [0, 0.1) is 16.0 Å². The van der Waals surface area contributed by atoms with E-state index in [1.54, 1.807) is 21.9 Å². The number of piperazine rings is 1. The van der Waals surface area contributed by atoms with Crippen LogP contribution >= 0.6 is 0 Å². The summed E-state index contributed by atoms with van der Waals surface area (Å²) in [5.74, 6) is -1.40. The van der Waals surface area contributed by atoms with Gasteiger partial charge in [0.1, 0.15) is 4.92 Å². The standard InChI is InChI=1S/C18H18N4O7/c23-16(19-5-7-20(8-6-19)17(24)13-2-1-9-28-13)12-10-21(11-12)18(25)14-3-4-15(29-14)22(26)27/h1-4,9,12H,5-8,10-11H2. The lowest BCUT2D eigenvalue weighted by Gasteiger charge is -2.42. The van der Waals surface area contributed by atoms with E-state index < -0.39 is 16.7 Å². The van der Waals surface area contributed by atoms with E-state index in [1.807, 2.05) is 0 Å². The summed E-state index contributed by atoms with van der Waals surface area (Å²) in [6, 6.07) is 5.63. The molecule has 0 aliphatic carbocycles. The Kier molecular flexibility index (Phi) is 4.79. The van der Waals surface area contributed by atoms with Crippen molar-refractivity contribution in [3.05, 3.63) is 52.2 Å². The van der Waals surface area contributed by atoms with E-state index in [9.17, 15) is 24.5 Å². The monoisotopic (exact) mass is 402 g/mol. The minimum absolute atomic E-state index is 0.0652. The Morgan fingerprint density at radius 1 is 0.931 bits per heavy atom. The Balaban J connectivity index is 1.26. The van der Waals surface area contributed by atoms with Gasteiger partial charge in [0.15, 0.2) is 11.5 Å². The minimum atomic E-state index is -0.713. The first-order valence-electron chi connectivity index (χ1n) is 9.09. The third-order valence-corrected chi connectivity index (χ3v) is 5.11. The van der Waals surface area contributed by atoms with Crippen molar-refractivity contribution in [3.63, 3.8) is 0 Å². The van der Waals surface area contributed by atoms with Gasteiger partial charge in [0.25, 0.3) is 11.8 Å². The van der Waals surface area contributed by atoms with E-state index in [0.29, 0.717) is 26.2 Å². The van der Waals surface area contributed by atoms with Crippen molar-refractivity contribution in [2.45, 2.75) is 0 Å². The third kappa shape index (κ3) is 3.58. The van der Waals surface area contributed by atoms with Crippen LogP contribution < -0.4 is 0 Å². The molecule has 2 aliphatic heterocycles. The molecule has 4 rings (SSSR count). The van der Waals surface area contributed by atoms with Crippen molar-refractivity contribution in [1.29, 1.82) is 0 Å².